The van der Waals surface area contributed by atoms with E-state index in [9.17, 15) is 14.9 Å². The predicted molar refractivity (Wildman–Crippen MR) is 97.0 cm³/mol. The van der Waals surface area contributed by atoms with E-state index >= 15 is 0 Å². The van der Waals surface area contributed by atoms with Gasteiger partial charge in [0.15, 0.2) is 0 Å². The molecule has 0 aliphatic carbocycles. The van der Waals surface area contributed by atoms with E-state index in [0.717, 1.165) is 0 Å². The summed E-state index contributed by atoms with van der Waals surface area (Å²) >= 11 is 0. The SMILES string of the molecule is COc1ccc(-c2nnc(NC(=O)/C=C/c3ccc([N+](=O)[O-])cc3)o2)cc1. The number of hydrogen-bond acceptors (Lipinski definition) is 7. The number of carbonyl (C=O) groups excluding carboxylic acids is 1. The molecule has 3 rings (SSSR count). The lowest BCUT2D eigenvalue weighted by Crippen LogP contribution is -2.07. The Hall–Kier alpha value is -4.01. The van der Waals surface area contributed by atoms with Crippen LogP contribution in [0.5, 0.6) is 5.75 Å². The fourth-order valence-corrected chi connectivity index (χ4v) is 2.15. The molecule has 9 nitrogen and oxygen atoms in total. The molecular weight excluding hydrogens is 352 g/mol. The van der Waals surface area contributed by atoms with E-state index in [-0.39, 0.29) is 17.6 Å². The highest BCUT2D eigenvalue weighted by molar-refractivity contribution is 6.00. The average Bonchev–Trinajstić information content (AvgIpc) is 3.15. The standard InChI is InChI=1S/C18H14N4O5/c1-26-15-9-5-13(6-10-15)17-20-21-18(27-17)19-16(23)11-4-12-2-7-14(8-3-12)22(24)25/h2-11H,1H3,(H,19,21,23)/b11-4+. The maximum atomic E-state index is 11.9. The number of nitro groups is 1. The van der Waals surface area contributed by atoms with Gasteiger partial charge in [-0.15, -0.1) is 5.10 Å². The van der Waals surface area contributed by atoms with Gasteiger partial charge in [0.25, 0.3) is 11.6 Å². The van der Waals surface area contributed by atoms with Crippen molar-refractivity contribution in [3.63, 3.8) is 0 Å². The molecule has 27 heavy (non-hydrogen) atoms. The molecule has 0 aliphatic heterocycles. The highest BCUT2D eigenvalue weighted by Crippen LogP contribution is 2.22. The van der Waals surface area contributed by atoms with Crippen LogP contribution in [0.1, 0.15) is 5.56 Å². The first-order valence-corrected chi connectivity index (χ1v) is 7.76. The van der Waals surface area contributed by atoms with Crippen molar-refractivity contribution < 1.29 is 18.9 Å². The number of nitrogens with zero attached hydrogens (tertiary/aromatic N) is 3. The third-order valence-corrected chi connectivity index (χ3v) is 3.52. The number of nitrogens with one attached hydrogen (secondary N) is 1. The van der Waals surface area contributed by atoms with Gasteiger partial charge in [-0.05, 0) is 48.0 Å². The Balaban J connectivity index is 1.62. The molecule has 3 aromatic rings. The van der Waals surface area contributed by atoms with Crippen molar-refractivity contribution >= 4 is 23.7 Å². The van der Waals surface area contributed by atoms with Gasteiger partial charge < -0.3 is 9.15 Å². The normalized spacial score (nSPS) is 10.7. The lowest BCUT2D eigenvalue weighted by Gasteiger charge is -1.99. The number of aromatic nitrogens is 2. The molecule has 1 amide bonds. The van der Waals surface area contributed by atoms with E-state index in [0.29, 0.717) is 16.9 Å². The number of methoxy groups -OCH3 is 1. The van der Waals surface area contributed by atoms with Crippen molar-refractivity contribution in [2.24, 2.45) is 0 Å². The van der Waals surface area contributed by atoms with Gasteiger partial charge in [0, 0.05) is 23.8 Å². The quantitative estimate of drug-likeness (QED) is 0.403. The molecule has 0 aliphatic rings. The summed E-state index contributed by atoms with van der Waals surface area (Å²) in [5.74, 6) is 0.480. The molecule has 1 heterocycles. The van der Waals surface area contributed by atoms with Crippen LogP contribution < -0.4 is 10.1 Å². The summed E-state index contributed by atoms with van der Waals surface area (Å²) in [6, 6.07) is 12.8. The molecule has 0 radical (unpaired) electrons. The number of amides is 1. The lowest BCUT2D eigenvalue weighted by atomic mass is 10.2. The van der Waals surface area contributed by atoms with Gasteiger partial charge >= 0.3 is 6.01 Å². The Morgan fingerprint density at radius 1 is 1.15 bits per heavy atom. The number of rotatable bonds is 6. The highest BCUT2D eigenvalue weighted by Gasteiger charge is 2.10. The van der Waals surface area contributed by atoms with Gasteiger partial charge in [-0.1, -0.05) is 5.10 Å². The Morgan fingerprint density at radius 3 is 2.48 bits per heavy atom. The van der Waals surface area contributed by atoms with E-state index in [1.165, 1.54) is 36.4 Å². The van der Waals surface area contributed by atoms with E-state index in [1.54, 1.807) is 31.4 Å². The smallest absolute Gasteiger partial charge is 0.322 e. The zero-order valence-electron chi connectivity index (χ0n) is 14.2. The van der Waals surface area contributed by atoms with E-state index in [2.05, 4.69) is 15.5 Å². The minimum Gasteiger partial charge on any atom is -0.497 e. The van der Waals surface area contributed by atoms with Crippen LogP contribution in [0.3, 0.4) is 0 Å². The Kier molecular flexibility index (Phi) is 5.22. The molecule has 0 saturated carbocycles. The molecule has 0 fully saturated rings. The van der Waals surface area contributed by atoms with Gasteiger partial charge in [0.2, 0.25) is 5.89 Å². The van der Waals surface area contributed by atoms with Crippen LogP contribution in [0.2, 0.25) is 0 Å². The van der Waals surface area contributed by atoms with Crippen molar-refractivity contribution in [3.05, 3.63) is 70.3 Å². The van der Waals surface area contributed by atoms with E-state index in [4.69, 9.17) is 9.15 Å². The Morgan fingerprint density at radius 2 is 1.85 bits per heavy atom. The largest absolute Gasteiger partial charge is 0.497 e. The first-order valence-electron chi connectivity index (χ1n) is 7.76. The summed E-state index contributed by atoms with van der Waals surface area (Å²) < 4.78 is 10.5. The van der Waals surface area contributed by atoms with Crippen molar-refractivity contribution in [1.82, 2.24) is 10.2 Å². The molecule has 0 unspecified atom stereocenters. The number of hydrogen-bond donors (Lipinski definition) is 1. The van der Waals surface area contributed by atoms with E-state index < -0.39 is 10.8 Å². The van der Waals surface area contributed by atoms with Crippen LogP contribution in [-0.2, 0) is 4.79 Å². The summed E-state index contributed by atoms with van der Waals surface area (Å²) in [5, 5.41) is 20.7. The molecule has 0 spiro atoms. The fraction of sp³-hybridized carbons (Fsp3) is 0.0556. The molecule has 2 aromatic carbocycles. The van der Waals surface area contributed by atoms with Crippen molar-refractivity contribution in [2.75, 3.05) is 12.4 Å². The van der Waals surface area contributed by atoms with E-state index in [1.807, 2.05) is 0 Å². The molecule has 1 N–H and O–H groups in total. The number of nitro benzene ring substituents is 1. The third-order valence-electron chi connectivity index (χ3n) is 3.52. The molecule has 9 heteroatoms. The van der Waals surface area contributed by atoms with Crippen molar-refractivity contribution in [1.29, 1.82) is 0 Å². The predicted octanol–water partition coefficient (Wildman–Crippen LogP) is 3.31. The van der Waals surface area contributed by atoms with Gasteiger partial charge in [0.05, 0.1) is 12.0 Å². The summed E-state index contributed by atoms with van der Waals surface area (Å²) in [6.07, 6.45) is 2.78. The number of non-ortho nitro benzene ring substituents is 1. The first kappa shape index (κ1) is 17.8. The molecule has 0 bridgehead atoms. The van der Waals surface area contributed by atoms with Gasteiger partial charge in [-0.3, -0.25) is 20.2 Å². The lowest BCUT2D eigenvalue weighted by molar-refractivity contribution is -0.384. The van der Waals surface area contributed by atoms with Gasteiger partial charge in [0.1, 0.15) is 5.75 Å². The highest BCUT2D eigenvalue weighted by atomic mass is 16.6. The molecule has 136 valence electrons. The van der Waals surface area contributed by atoms with Crippen LogP contribution in [0.4, 0.5) is 11.7 Å². The minimum atomic E-state index is -0.490. The maximum absolute atomic E-state index is 11.9. The monoisotopic (exact) mass is 366 g/mol. The summed E-state index contributed by atoms with van der Waals surface area (Å²) in [4.78, 5) is 22.1. The van der Waals surface area contributed by atoms with Gasteiger partial charge in [-0.2, -0.15) is 0 Å². The summed E-state index contributed by atoms with van der Waals surface area (Å²) in [5.41, 5.74) is 1.30. The second-order valence-corrected chi connectivity index (χ2v) is 5.31. The second kappa shape index (κ2) is 7.91. The Bertz CT molecular complexity index is 978. The molecule has 1 aromatic heterocycles. The van der Waals surface area contributed by atoms with Crippen molar-refractivity contribution in [3.8, 4) is 17.2 Å². The van der Waals surface area contributed by atoms with Crippen LogP contribution in [0.25, 0.3) is 17.5 Å². The van der Waals surface area contributed by atoms with Crippen LogP contribution in [-0.4, -0.2) is 28.1 Å². The topological polar surface area (TPSA) is 120 Å². The summed E-state index contributed by atoms with van der Waals surface area (Å²) in [6.45, 7) is 0. The minimum absolute atomic E-state index is 0.0199. The van der Waals surface area contributed by atoms with Crippen LogP contribution >= 0.6 is 0 Å². The molecule has 0 saturated heterocycles. The maximum Gasteiger partial charge on any atom is 0.322 e. The van der Waals surface area contributed by atoms with Crippen LogP contribution in [0, 0.1) is 10.1 Å². The number of ether oxygens (including phenoxy) is 1. The number of carbonyl (C=O) groups is 1. The van der Waals surface area contributed by atoms with Crippen molar-refractivity contribution in [2.45, 2.75) is 0 Å². The molecule has 0 atom stereocenters. The zero-order valence-corrected chi connectivity index (χ0v) is 14.2. The third kappa shape index (κ3) is 4.54. The van der Waals surface area contributed by atoms with Gasteiger partial charge in [-0.25, -0.2) is 0 Å². The fourth-order valence-electron chi connectivity index (χ4n) is 2.15. The molecular formula is C18H14N4O5. The zero-order chi connectivity index (χ0) is 19.2. The second-order valence-electron chi connectivity index (χ2n) is 5.31. The first-order chi connectivity index (χ1) is 13.0. The average molecular weight is 366 g/mol. The summed E-state index contributed by atoms with van der Waals surface area (Å²) in [7, 11) is 1.57. The number of anilines is 1. The Labute approximate surface area is 153 Å². The number of benzene rings is 2. The van der Waals surface area contributed by atoms with Crippen LogP contribution in [0.15, 0.2) is 59.0 Å².